The first-order chi connectivity index (χ1) is 19.4. The van der Waals surface area contributed by atoms with Gasteiger partial charge in [0, 0.05) is 0 Å². The SMILES string of the molecule is OC[C@H]1OC(O[C@@H]2C(OC[C@H]3OC(O[C@@H]4C(O)O[C@H](CO)[C@H]4O)[C@@H](O)[C@@H]3O)O[C@H](CO)[C@@H](O)[C@@H]2O)[C@@H](O)[C@@H](O)[C@@H]1O. The minimum Gasteiger partial charge on any atom is -0.394 e. The largest absolute Gasteiger partial charge is 0.394 e. The van der Waals surface area contributed by atoms with Crippen molar-refractivity contribution in [1.29, 1.82) is 0 Å². The lowest BCUT2D eigenvalue weighted by Gasteiger charge is -2.46. The standard InChI is InChI=1S/C22H38O19/c23-1-5-9(26)13(30)16(33)21(37-5)41-18-14(31)10(27)6(2-24)38-22(18)35-4-8-11(28)15(32)20(39-8)40-17-12(29)7(3-25)36-19(17)34/h5-34H,1-4H2/t5-,6-,7-,8-,9-,10-,11-,12-,13+,14+,15+,16+,17+,18+,19?,20?,21?,22?/m1/s1. The highest BCUT2D eigenvalue weighted by Crippen LogP contribution is 2.32. The van der Waals surface area contributed by atoms with Gasteiger partial charge in [-0.05, 0) is 0 Å². The highest BCUT2D eigenvalue weighted by Gasteiger charge is 2.53. The highest BCUT2D eigenvalue weighted by molar-refractivity contribution is 4.95. The molecule has 18 atom stereocenters. The molecule has 0 saturated carbocycles. The van der Waals surface area contributed by atoms with Crippen LogP contribution in [0.15, 0.2) is 0 Å². The smallest absolute Gasteiger partial charge is 0.187 e. The van der Waals surface area contributed by atoms with Crippen molar-refractivity contribution >= 4 is 0 Å². The van der Waals surface area contributed by atoms with Crippen molar-refractivity contribution in [3.63, 3.8) is 0 Å². The zero-order valence-electron chi connectivity index (χ0n) is 21.4. The van der Waals surface area contributed by atoms with Gasteiger partial charge in [0.2, 0.25) is 0 Å². The lowest BCUT2D eigenvalue weighted by molar-refractivity contribution is -0.369. The van der Waals surface area contributed by atoms with Crippen molar-refractivity contribution in [2.75, 3.05) is 26.4 Å². The summed E-state index contributed by atoms with van der Waals surface area (Å²) in [6.07, 6.45) is -28.9. The van der Waals surface area contributed by atoms with Crippen molar-refractivity contribution < 1.29 is 94.4 Å². The first-order valence-corrected chi connectivity index (χ1v) is 12.9. The van der Waals surface area contributed by atoms with Crippen LogP contribution in [-0.4, -0.2) is 198 Å². The Bertz CT molecular complexity index is 822. The van der Waals surface area contributed by atoms with Gasteiger partial charge < -0.3 is 94.4 Å². The van der Waals surface area contributed by atoms with E-state index < -0.39 is 137 Å². The summed E-state index contributed by atoms with van der Waals surface area (Å²) in [6.45, 7) is -2.77. The second kappa shape index (κ2) is 13.9. The van der Waals surface area contributed by atoms with Crippen LogP contribution in [0.25, 0.3) is 0 Å². The Hall–Kier alpha value is -0.760. The van der Waals surface area contributed by atoms with Crippen molar-refractivity contribution in [2.45, 2.75) is 111 Å². The van der Waals surface area contributed by atoms with Crippen LogP contribution < -0.4 is 0 Å². The molecule has 12 N–H and O–H groups in total. The summed E-state index contributed by atoms with van der Waals surface area (Å²) < 4.78 is 37.7. The maximum Gasteiger partial charge on any atom is 0.187 e. The topological polar surface area (TPSA) is 307 Å². The fourth-order valence-electron chi connectivity index (χ4n) is 5.00. The fourth-order valence-corrected chi connectivity index (χ4v) is 5.00. The van der Waals surface area contributed by atoms with E-state index in [0.717, 1.165) is 0 Å². The quantitative estimate of drug-likeness (QED) is 0.110. The van der Waals surface area contributed by atoms with E-state index in [1.807, 2.05) is 0 Å². The van der Waals surface area contributed by atoms with Crippen LogP contribution in [-0.2, 0) is 33.2 Å². The van der Waals surface area contributed by atoms with Gasteiger partial charge in [0.1, 0.15) is 85.5 Å². The second-order valence-corrected chi connectivity index (χ2v) is 10.2. The summed E-state index contributed by atoms with van der Waals surface area (Å²) in [5.41, 5.74) is 0. The Morgan fingerprint density at radius 1 is 0.415 bits per heavy atom. The maximum absolute atomic E-state index is 10.7. The monoisotopic (exact) mass is 606 g/mol. The number of aliphatic hydroxyl groups excluding tert-OH is 12. The van der Waals surface area contributed by atoms with E-state index in [-0.39, 0.29) is 0 Å². The third-order valence-corrected chi connectivity index (χ3v) is 7.49. The second-order valence-electron chi connectivity index (χ2n) is 10.2. The molecule has 0 aromatic rings. The maximum atomic E-state index is 10.7. The molecule has 4 aliphatic heterocycles. The van der Waals surface area contributed by atoms with Crippen molar-refractivity contribution in [3.8, 4) is 0 Å². The van der Waals surface area contributed by atoms with Crippen LogP contribution in [0.2, 0.25) is 0 Å². The zero-order chi connectivity index (χ0) is 30.2. The van der Waals surface area contributed by atoms with Gasteiger partial charge in [0.25, 0.3) is 0 Å². The summed E-state index contributed by atoms with van der Waals surface area (Å²) >= 11 is 0. The normalized spacial score (nSPS) is 52.7. The Balaban J connectivity index is 1.42. The number of hydrogen-bond acceptors (Lipinski definition) is 19. The minimum atomic E-state index is -1.88. The lowest BCUT2D eigenvalue weighted by atomic mass is 9.97. The molecule has 0 aliphatic carbocycles. The van der Waals surface area contributed by atoms with Gasteiger partial charge in [-0.2, -0.15) is 0 Å². The van der Waals surface area contributed by atoms with Crippen molar-refractivity contribution in [2.24, 2.45) is 0 Å². The van der Waals surface area contributed by atoms with Crippen LogP contribution in [0.4, 0.5) is 0 Å². The van der Waals surface area contributed by atoms with Gasteiger partial charge in [-0.25, -0.2) is 0 Å². The van der Waals surface area contributed by atoms with E-state index in [2.05, 4.69) is 0 Å². The average Bonchev–Trinajstić information content (AvgIpc) is 3.39. The Kier molecular flexibility index (Phi) is 11.2. The first-order valence-electron chi connectivity index (χ1n) is 12.9. The molecular formula is C22H38O19. The van der Waals surface area contributed by atoms with Gasteiger partial charge in [0.05, 0.1) is 26.4 Å². The van der Waals surface area contributed by atoms with E-state index >= 15 is 0 Å². The molecule has 4 fully saturated rings. The molecule has 0 spiro atoms. The third kappa shape index (κ3) is 6.68. The summed E-state index contributed by atoms with van der Waals surface area (Å²) in [7, 11) is 0. The predicted molar refractivity (Wildman–Crippen MR) is 122 cm³/mol. The molecule has 4 rings (SSSR count). The molecule has 19 heteroatoms. The molecule has 4 aliphatic rings. The minimum absolute atomic E-state index is 0.593. The molecule has 240 valence electrons. The van der Waals surface area contributed by atoms with Crippen LogP contribution in [0.3, 0.4) is 0 Å². The molecule has 4 heterocycles. The molecule has 0 amide bonds. The Morgan fingerprint density at radius 3 is 1.41 bits per heavy atom. The van der Waals surface area contributed by atoms with E-state index in [9.17, 15) is 61.3 Å². The van der Waals surface area contributed by atoms with Crippen LogP contribution >= 0.6 is 0 Å². The van der Waals surface area contributed by atoms with Gasteiger partial charge >= 0.3 is 0 Å². The highest BCUT2D eigenvalue weighted by atomic mass is 16.8. The molecule has 0 aromatic heterocycles. The summed E-state index contributed by atoms with van der Waals surface area (Å²) in [4.78, 5) is 0. The molecule has 0 radical (unpaired) electrons. The number of ether oxygens (including phenoxy) is 7. The molecule has 0 bridgehead atoms. The number of hydrogen-bond donors (Lipinski definition) is 12. The summed E-state index contributed by atoms with van der Waals surface area (Å²) in [5, 5.41) is 120. The van der Waals surface area contributed by atoms with E-state index in [0.29, 0.717) is 0 Å². The van der Waals surface area contributed by atoms with Crippen LogP contribution in [0.1, 0.15) is 0 Å². The predicted octanol–water partition coefficient (Wildman–Crippen LogP) is -8.47. The Labute approximate surface area is 232 Å². The first kappa shape index (κ1) is 33.1. The van der Waals surface area contributed by atoms with E-state index in [1.54, 1.807) is 0 Å². The number of rotatable bonds is 10. The zero-order valence-corrected chi connectivity index (χ0v) is 21.4. The number of aliphatic hydroxyl groups is 12. The van der Waals surface area contributed by atoms with Crippen LogP contribution in [0.5, 0.6) is 0 Å². The van der Waals surface area contributed by atoms with Gasteiger partial charge in [0.15, 0.2) is 25.2 Å². The molecule has 0 aromatic carbocycles. The van der Waals surface area contributed by atoms with Crippen LogP contribution in [0, 0.1) is 0 Å². The summed E-state index contributed by atoms with van der Waals surface area (Å²) in [5.74, 6) is 0. The lowest BCUT2D eigenvalue weighted by Crippen LogP contribution is -2.64. The molecular weight excluding hydrogens is 568 g/mol. The average molecular weight is 607 g/mol. The summed E-state index contributed by atoms with van der Waals surface area (Å²) in [6, 6.07) is 0. The van der Waals surface area contributed by atoms with Crippen molar-refractivity contribution in [3.05, 3.63) is 0 Å². The van der Waals surface area contributed by atoms with Crippen molar-refractivity contribution in [1.82, 2.24) is 0 Å². The van der Waals surface area contributed by atoms with Gasteiger partial charge in [-0.1, -0.05) is 0 Å². The third-order valence-electron chi connectivity index (χ3n) is 7.49. The van der Waals surface area contributed by atoms with Gasteiger partial charge in [-0.15, -0.1) is 0 Å². The molecule has 41 heavy (non-hydrogen) atoms. The Morgan fingerprint density at radius 2 is 0.854 bits per heavy atom. The molecule has 19 nitrogen and oxygen atoms in total. The fraction of sp³-hybridized carbons (Fsp3) is 1.00. The van der Waals surface area contributed by atoms with E-state index in [1.165, 1.54) is 0 Å². The molecule has 4 unspecified atom stereocenters. The van der Waals surface area contributed by atoms with Gasteiger partial charge in [-0.3, -0.25) is 0 Å². The molecule has 4 saturated heterocycles. The van der Waals surface area contributed by atoms with E-state index in [4.69, 9.17) is 33.2 Å².